The minimum atomic E-state index is -0.373. The van der Waals surface area contributed by atoms with Crippen molar-refractivity contribution in [2.45, 2.75) is 6.61 Å². The normalized spacial score (nSPS) is 16.1. The molecule has 1 aliphatic heterocycles. The molecular formula is C13H14O6. The summed E-state index contributed by atoms with van der Waals surface area (Å²) in [5.41, 5.74) is 1.11. The zero-order valence-corrected chi connectivity index (χ0v) is 10.9. The third-order valence-electron chi connectivity index (χ3n) is 2.87. The van der Waals surface area contributed by atoms with Gasteiger partial charge < -0.3 is 24.1 Å². The van der Waals surface area contributed by atoms with Crippen molar-refractivity contribution >= 4 is 5.57 Å². The average Bonchev–Trinajstić information content (AvgIpc) is 2.42. The first-order valence-electron chi connectivity index (χ1n) is 5.55. The lowest BCUT2D eigenvalue weighted by molar-refractivity contribution is 0.137. The van der Waals surface area contributed by atoms with E-state index in [1.54, 1.807) is 0 Å². The zero-order chi connectivity index (χ0) is 14.0. The van der Waals surface area contributed by atoms with Gasteiger partial charge in [0, 0.05) is 16.7 Å². The van der Waals surface area contributed by atoms with Crippen molar-refractivity contribution in [2.75, 3.05) is 27.9 Å². The number of fused-ring (bicyclic) bond motifs is 1. The van der Waals surface area contributed by atoms with Crippen LogP contribution in [-0.4, -0.2) is 33.0 Å². The van der Waals surface area contributed by atoms with Crippen LogP contribution in [0.2, 0.25) is 0 Å². The van der Waals surface area contributed by atoms with E-state index in [2.05, 4.69) is 6.26 Å². The van der Waals surface area contributed by atoms with Crippen LogP contribution in [-0.2, 0) is 21.2 Å². The average molecular weight is 266 g/mol. The molecule has 0 aliphatic carbocycles. The molecule has 0 unspecified atom stereocenters. The van der Waals surface area contributed by atoms with Gasteiger partial charge in [0.05, 0.1) is 34.5 Å². The van der Waals surface area contributed by atoms with E-state index in [1.165, 1.54) is 21.3 Å². The number of benzene rings is 1. The van der Waals surface area contributed by atoms with Crippen LogP contribution >= 0.6 is 0 Å². The van der Waals surface area contributed by atoms with E-state index >= 15 is 0 Å². The first kappa shape index (κ1) is 13.4. The summed E-state index contributed by atoms with van der Waals surface area (Å²) in [7, 11) is 4.12. The van der Waals surface area contributed by atoms with Crippen molar-refractivity contribution in [2.24, 2.45) is 0 Å². The smallest absolute Gasteiger partial charge is 0.230 e. The summed E-state index contributed by atoms with van der Waals surface area (Å²) in [6.07, 6.45) is 2.59. The van der Waals surface area contributed by atoms with Gasteiger partial charge in [0.15, 0.2) is 12.0 Å². The van der Waals surface area contributed by atoms with Gasteiger partial charge >= 0.3 is 0 Å². The van der Waals surface area contributed by atoms with Gasteiger partial charge in [-0.05, 0) is 0 Å². The fourth-order valence-corrected chi connectivity index (χ4v) is 2.09. The number of ether oxygens (including phenoxy) is 4. The summed E-state index contributed by atoms with van der Waals surface area (Å²) in [5, 5.41) is 22.5. The summed E-state index contributed by atoms with van der Waals surface area (Å²) >= 11 is 0. The van der Waals surface area contributed by atoms with E-state index in [9.17, 15) is 10.2 Å². The van der Waals surface area contributed by atoms with Crippen LogP contribution < -0.4 is 9.47 Å². The molecule has 0 bridgehead atoms. The van der Waals surface area contributed by atoms with Crippen LogP contribution in [0.25, 0.3) is 5.57 Å². The molecule has 0 saturated carbocycles. The Bertz CT molecular complexity index is 521. The second-order valence-corrected chi connectivity index (χ2v) is 3.88. The monoisotopic (exact) mass is 266 g/mol. The second-order valence-electron chi connectivity index (χ2n) is 3.88. The van der Waals surface area contributed by atoms with Crippen LogP contribution in [0.3, 0.4) is 0 Å². The largest absolute Gasteiger partial charge is 0.504 e. The first-order valence-corrected chi connectivity index (χ1v) is 5.55. The molecular weight excluding hydrogens is 252 g/mol. The van der Waals surface area contributed by atoms with Gasteiger partial charge in [0.25, 0.3) is 0 Å². The van der Waals surface area contributed by atoms with Gasteiger partial charge in [0.1, 0.15) is 0 Å². The topological polar surface area (TPSA) is 77.1 Å². The molecule has 1 aromatic rings. The van der Waals surface area contributed by atoms with E-state index < -0.39 is 0 Å². The lowest BCUT2D eigenvalue weighted by Crippen LogP contribution is -2.11. The highest BCUT2D eigenvalue weighted by Crippen LogP contribution is 2.52. The summed E-state index contributed by atoms with van der Waals surface area (Å²) in [6.45, 7) is 0.292. The highest BCUT2D eigenvalue weighted by Gasteiger charge is 2.31. The van der Waals surface area contributed by atoms with Crippen LogP contribution in [0.4, 0.5) is 0 Å². The number of phenolic OH excluding ortho intramolecular Hbond substituents is 1. The van der Waals surface area contributed by atoms with Crippen molar-refractivity contribution in [1.82, 2.24) is 0 Å². The molecule has 1 heterocycles. The molecule has 1 aliphatic rings. The Labute approximate surface area is 110 Å². The molecule has 1 N–H and O–H groups in total. The highest BCUT2D eigenvalue weighted by molar-refractivity contribution is 5.80. The Kier molecular flexibility index (Phi) is 3.71. The molecule has 0 spiro atoms. The minimum Gasteiger partial charge on any atom is -0.504 e. The molecule has 2 rings (SSSR count). The second kappa shape index (κ2) is 5.27. The lowest BCUT2D eigenvalue weighted by Gasteiger charge is -2.23. The van der Waals surface area contributed by atoms with E-state index in [0.717, 1.165) is 0 Å². The molecule has 2 radical (unpaired) electrons. The van der Waals surface area contributed by atoms with Gasteiger partial charge in [0.2, 0.25) is 17.2 Å². The number of hydrogen-bond donors (Lipinski definition) is 1. The highest BCUT2D eigenvalue weighted by atomic mass is 16.5. The van der Waals surface area contributed by atoms with Crippen LogP contribution in [0, 0.1) is 6.26 Å². The maximum Gasteiger partial charge on any atom is 0.230 e. The van der Waals surface area contributed by atoms with Crippen molar-refractivity contribution in [3.8, 4) is 23.0 Å². The standard InChI is InChI=1S/C13H14O6/c1-16-4-7-5-19-6-8-9(7)11(15)13(18-3)12(17-2)10(8)14/h15H,5-6H2,1-3H3. The predicted octanol–water partition coefficient (Wildman–Crippen LogP) is 1.87. The maximum absolute atomic E-state index is 12.2. The van der Waals surface area contributed by atoms with Gasteiger partial charge in [-0.15, -0.1) is 0 Å². The zero-order valence-electron chi connectivity index (χ0n) is 10.9. The fourth-order valence-electron chi connectivity index (χ4n) is 2.09. The third-order valence-corrected chi connectivity index (χ3v) is 2.87. The van der Waals surface area contributed by atoms with Gasteiger partial charge in [-0.1, -0.05) is 0 Å². The van der Waals surface area contributed by atoms with Crippen LogP contribution in [0.5, 0.6) is 23.0 Å². The molecule has 0 saturated heterocycles. The molecule has 0 fully saturated rings. The van der Waals surface area contributed by atoms with Crippen molar-refractivity contribution in [3.05, 3.63) is 17.4 Å². The quantitative estimate of drug-likeness (QED) is 0.845. The molecule has 0 amide bonds. The number of rotatable bonds is 3. The van der Waals surface area contributed by atoms with Crippen molar-refractivity contribution in [3.63, 3.8) is 0 Å². The predicted molar refractivity (Wildman–Crippen MR) is 64.7 cm³/mol. The fraction of sp³-hybridized carbons (Fsp3) is 0.385. The van der Waals surface area contributed by atoms with E-state index in [4.69, 9.17) is 18.9 Å². The van der Waals surface area contributed by atoms with Crippen molar-refractivity contribution < 1.29 is 29.2 Å². The van der Waals surface area contributed by atoms with Gasteiger partial charge in [-0.2, -0.15) is 0 Å². The number of phenols is 1. The molecule has 1 aromatic carbocycles. The van der Waals surface area contributed by atoms with Gasteiger partial charge in [-0.3, -0.25) is 5.11 Å². The Balaban J connectivity index is 2.75. The first-order chi connectivity index (χ1) is 9.15. The summed E-state index contributed by atoms with van der Waals surface area (Å²) in [5.74, 6) is -0.580. The lowest BCUT2D eigenvalue weighted by atomic mass is 9.96. The van der Waals surface area contributed by atoms with Crippen molar-refractivity contribution in [1.29, 1.82) is 0 Å². The Morgan fingerprint density at radius 1 is 1.16 bits per heavy atom. The minimum absolute atomic E-state index is 0.00329. The van der Waals surface area contributed by atoms with Gasteiger partial charge in [-0.25, -0.2) is 0 Å². The molecule has 0 aromatic heterocycles. The third kappa shape index (κ3) is 2.04. The molecule has 6 nitrogen and oxygen atoms in total. The number of aromatic hydroxyl groups is 1. The SMILES string of the molecule is CO[C]=C1COCc2c([O])c(OC)c(OC)c(O)c21. The van der Waals surface area contributed by atoms with E-state index in [-0.39, 0.29) is 36.2 Å². The molecule has 6 heteroatoms. The Morgan fingerprint density at radius 3 is 2.42 bits per heavy atom. The van der Waals surface area contributed by atoms with E-state index in [0.29, 0.717) is 16.7 Å². The summed E-state index contributed by atoms with van der Waals surface area (Å²) < 4.78 is 20.1. The summed E-state index contributed by atoms with van der Waals surface area (Å²) in [4.78, 5) is 0. The van der Waals surface area contributed by atoms with Crippen LogP contribution in [0.1, 0.15) is 11.1 Å². The molecule has 102 valence electrons. The van der Waals surface area contributed by atoms with Crippen LogP contribution in [0.15, 0.2) is 0 Å². The molecule has 0 atom stereocenters. The number of hydrogen-bond acceptors (Lipinski definition) is 5. The number of methoxy groups -OCH3 is 3. The Morgan fingerprint density at radius 2 is 1.84 bits per heavy atom. The maximum atomic E-state index is 12.2. The summed E-state index contributed by atoms with van der Waals surface area (Å²) in [6, 6.07) is 0. The Hall–Kier alpha value is -2.08. The van der Waals surface area contributed by atoms with E-state index in [1.807, 2.05) is 0 Å². The molecule has 19 heavy (non-hydrogen) atoms.